The van der Waals surface area contributed by atoms with Crippen molar-refractivity contribution in [1.82, 2.24) is 15.3 Å². The lowest BCUT2D eigenvalue weighted by molar-refractivity contribution is 0.0680. The number of halogens is 1. The molecule has 1 aromatic carbocycles. The minimum atomic E-state index is -0.102. The fourth-order valence-electron chi connectivity index (χ4n) is 4.77. The lowest BCUT2D eigenvalue weighted by Crippen LogP contribution is -2.39. The van der Waals surface area contributed by atoms with Crippen molar-refractivity contribution in [3.8, 4) is 17.0 Å². The fourth-order valence-corrected chi connectivity index (χ4v) is 5.07. The van der Waals surface area contributed by atoms with E-state index in [0.717, 1.165) is 54.1 Å². The van der Waals surface area contributed by atoms with Crippen LogP contribution in [0.15, 0.2) is 36.7 Å². The van der Waals surface area contributed by atoms with Crippen molar-refractivity contribution in [2.45, 2.75) is 51.7 Å². The standard InChI is InChI=1S/C26H29ClN4O3/c1-3-17-19(27)7-4-8-20(17)30-25-23-21(12-15(2)29-26(23)32)31-24(25)18-9-10-28-13-22(18)34-14-16-6-5-11-33-16/h4,7-10,13,15-16,30-31H,3,5-6,11-12,14H2,1-2H3,(H,29,32)/t15-,16+/m1/s1. The zero-order chi connectivity index (χ0) is 23.7. The van der Waals surface area contributed by atoms with E-state index in [1.807, 2.05) is 31.2 Å². The third-order valence-electron chi connectivity index (χ3n) is 6.43. The van der Waals surface area contributed by atoms with Crippen LogP contribution in [0.5, 0.6) is 5.75 Å². The highest BCUT2D eigenvalue weighted by atomic mass is 35.5. The number of carbonyl (C=O) groups is 1. The molecule has 3 N–H and O–H groups in total. The average molecular weight is 481 g/mol. The van der Waals surface area contributed by atoms with Gasteiger partial charge in [-0.1, -0.05) is 24.6 Å². The molecule has 7 nitrogen and oxygen atoms in total. The monoisotopic (exact) mass is 480 g/mol. The van der Waals surface area contributed by atoms with Crippen LogP contribution in [-0.4, -0.2) is 41.2 Å². The second kappa shape index (κ2) is 9.68. The van der Waals surface area contributed by atoms with E-state index < -0.39 is 0 Å². The molecule has 2 aromatic heterocycles. The van der Waals surface area contributed by atoms with Gasteiger partial charge in [-0.25, -0.2) is 0 Å². The number of ether oxygens (including phenoxy) is 2. The number of amides is 1. The van der Waals surface area contributed by atoms with E-state index in [0.29, 0.717) is 35.1 Å². The summed E-state index contributed by atoms with van der Waals surface area (Å²) in [6.45, 7) is 5.31. The third-order valence-corrected chi connectivity index (χ3v) is 6.78. The van der Waals surface area contributed by atoms with Crippen LogP contribution < -0.4 is 15.4 Å². The van der Waals surface area contributed by atoms with Crippen LogP contribution in [-0.2, 0) is 17.6 Å². The quantitative estimate of drug-likeness (QED) is 0.429. The molecule has 0 aliphatic carbocycles. The Balaban J connectivity index is 1.59. The summed E-state index contributed by atoms with van der Waals surface area (Å²) in [6.07, 6.45) is 7.06. The molecule has 1 fully saturated rings. The number of aromatic amines is 1. The van der Waals surface area contributed by atoms with Crippen LogP contribution in [0.3, 0.4) is 0 Å². The summed E-state index contributed by atoms with van der Waals surface area (Å²) >= 11 is 6.48. The van der Waals surface area contributed by atoms with Gasteiger partial charge in [-0.15, -0.1) is 0 Å². The number of hydrogen-bond donors (Lipinski definition) is 3. The van der Waals surface area contributed by atoms with Crippen LogP contribution >= 0.6 is 11.6 Å². The molecule has 0 unspecified atom stereocenters. The summed E-state index contributed by atoms with van der Waals surface area (Å²) < 4.78 is 11.9. The molecule has 34 heavy (non-hydrogen) atoms. The van der Waals surface area contributed by atoms with Gasteiger partial charge in [-0.3, -0.25) is 9.78 Å². The number of benzene rings is 1. The number of nitrogens with one attached hydrogen (secondary N) is 3. The maximum Gasteiger partial charge on any atom is 0.255 e. The lowest BCUT2D eigenvalue weighted by Gasteiger charge is -2.21. The molecule has 2 aliphatic heterocycles. The van der Waals surface area contributed by atoms with Crippen molar-refractivity contribution < 1.29 is 14.3 Å². The summed E-state index contributed by atoms with van der Waals surface area (Å²) in [7, 11) is 0. The van der Waals surface area contributed by atoms with Crippen molar-refractivity contribution in [2.24, 2.45) is 0 Å². The van der Waals surface area contributed by atoms with Crippen LogP contribution in [0.4, 0.5) is 11.4 Å². The molecule has 0 bridgehead atoms. The molecule has 5 rings (SSSR count). The predicted molar refractivity (Wildman–Crippen MR) is 133 cm³/mol. The first-order valence-electron chi connectivity index (χ1n) is 11.8. The Hall–Kier alpha value is -3.03. The van der Waals surface area contributed by atoms with Gasteiger partial charge in [0.2, 0.25) is 0 Å². The Labute approximate surface area is 204 Å². The molecular formula is C26H29ClN4O3. The summed E-state index contributed by atoms with van der Waals surface area (Å²) in [5.74, 6) is 0.546. The first-order chi connectivity index (χ1) is 16.5. The third kappa shape index (κ3) is 4.38. The van der Waals surface area contributed by atoms with Crippen molar-refractivity contribution >= 4 is 28.9 Å². The zero-order valence-electron chi connectivity index (χ0n) is 19.4. The Morgan fingerprint density at radius 3 is 3.00 bits per heavy atom. The van der Waals surface area contributed by atoms with E-state index in [-0.39, 0.29) is 18.1 Å². The summed E-state index contributed by atoms with van der Waals surface area (Å²) in [6, 6.07) is 7.73. The maximum atomic E-state index is 13.1. The first-order valence-corrected chi connectivity index (χ1v) is 12.2. The zero-order valence-corrected chi connectivity index (χ0v) is 20.2. The van der Waals surface area contributed by atoms with Crippen LogP contribution in [0.1, 0.15) is 48.3 Å². The summed E-state index contributed by atoms with van der Waals surface area (Å²) in [5.41, 5.74) is 5.74. The topological polar surface area (TPSA) is 88.3 Å². The second-order valence-corrected chi connectivity index (χ2v) is 9.28. The molecule has 4 heterocycles. The number of anilines is 2. The number of rotatable bonds is 7. The molecule has 3 aromatic rings. The smallest absolute Gasteiger partial charge is 0.255 e. The summed E-state index contributed by atoms with van der Waals surface area (Å²) in [5, 5.41) is 7.29. The predicted octanol–water partition coefficient (Wildman–Crippen LogP) is 5.27. The molecule has 1 saturated heterocycles. The Kier molecular flexibility index (Phi) is 6.48. The van der Waals surface area contributed by atoms with Gasteiger partial charge in [-0.2, -0.15) is 0 Å². The number of H-pyrrole nitrogens is 1. The molecule has 0 spiro atoms. The molecule has 0 radical (unpaired) electrons. The Morgan fingerprint density at radius 2 is 2.21 bits per heavy atom. The van der Waals surface area contributed by atoms with Gasteiger partial charge >= 0.3 is 0 Å². The SMILES string of the molecule is CCc1c(Cl)cccc1Nc1c(-c2ccncc2OC[C@@H]2CCCO2)[nH]c2c1C(=O)N[C@H](C)C2. The van der Waals surface area contributed by atoms with E-state index in [9.17, 15) is 4.79 Å². The molecule has 0 saturated carbocycles. The highest BCUT2D eigenvalue weighted by Gasteiger charge is 2.31. The fraction of sp³-hybridized carbons (Fsp3) is 0.385. The van der Waals surface area contributed by atoms with Gasteiger partial charge in [-0.05, 0) is 49.9 Å². The minimum Gasteiger partial charge on any atom is -0.489 e. The molecule has 8 heteroatoms. The number of fused-ring (bicyclic) bond motifs is 1. The minimum absolute atomic E-state index is 0.0457. The van der Waals surface area contributed by atoms with E-state index >= 15 is 0 Å². The normalized spacial score (nSPS) is 19.6. The average Bonchev–Trinajstić information content (AvgIpc) is 3.46. The molecule has 1 amide bonds. The van der Waals surface area contributed by atoms with Gasteiger partial charge in [0.15, 0.2) is 0 Å². The van der Waals surface area contributed by atoms with Crippen LogP contribution in [0.25, 0.3) is 11.3 Å². The molecule has 2 atom stereocenters. The molecule has 178 valence electrons. The van der Waals surface area contributed by atoms with E-state index in [2.05, 4.69) is 27.5 Å². The van der Waals surface area contributed by atoms with Crippen molar-refractivity contribution in [2.75, 3.05) is 18.5 Å². The number of carbonyl (C=O) groups excluding carboxylic acids is 1. The molecule has 2 aliphatic rings. The van der Waals surface area contributed by atoms with E-state index in [1.165, 1.54) is 0 Å². The van der Waals surface area contributed by atoms with Gasteiger partial charge in [0.25, 0.3) is 5.91 Å². The van der Waals surface area contributed by atoms with Gasteiger partial charge in [0.1, 0.15) is 12.4 Å². The van der Waals surface area contributed by atoms with E-state index in [4.69, 9.17) is 21.1 Å². The Morgan fingerprint density at radius 1 is 1.32 bits per heavy atom. The maximum absolute atomic E-state index is 13.1. The second-order valence-electron chi connectivity index (χ2n) is 8.87. The molecular weight excluding hydrogens is 452 g/mol. The van der Waals surface area contributed by atoms with Gasteiger partial charge in [0, 0.05) is 47.2 Å². The first kappa shape index (κ1) is 22.7. The largest absolute Gasteiger partial charge is 0.489 e. The van der Waals surface area contributed by atoms with Crippen molar-refractivity contribution in [3.05, 3.63) is 58.5 Å². The highest BCUT2D eigenvalue weighted by molar-refractivity contribution is 6.31. The van der Waals surface area contributed by atoms with Gasteiger partial charge in [0.05, 0.1) is 29.2 Å². The summed E-state index contributed by atoms with van der Waals surface area (Å²) in [4.78, 5) is 20.9. The van der Waals surface area contributed by atoms with E-state index in [1.54, 1.807) is 12.4 Å². The van der Waals surface area contributed by atoms with Crippen LogP contribution in [0, 0.1) is 0 Å². The van der Waals surface area contributed by atoms with Crippen LogP contribution in [0.2, 0.25) is 5.02 Å². The number of aromatic nitrogens is 2. The number of pyridine rings is 1. The highest BCUT2D eigenvalue weighted by Crippen LogP contribution is 2.41. The van der Waals surface area contributed by atoms with Gasteiger partial charge < -0.3 is 25.1 Å². The number of hydrogen-bond acceptors (Lipinski definition) is 5. The number of nitrogens with zero attached hydrogens (tertiary/aromatic N) is 1. The Bertz CT molecular complexity index is 1200. The lowest BCUT2D eigenvalue weighted by atomic mass is 10.0. The van der Waals surface area contributed by atoms with Crippen molar-refractivity contribution in [1.29, 1.82) is 0 Å². The van der Waals surface area contributed by atoms with Crippen molar-refractivity contribution in [3.63, 3.8) is 0 Å².